The van der Waals surface area contributed by atoms with Crippen LogP contribution in [0.15, 0.2) is 18.2 Å². The van der Waals surface area contributed by atoms with Gasteiger partial charge in [-0.15, -0.1) is 0 Å². The highest BCUT2D eigenvalue weighted by atomic mass is 32.2. The van der Waals surface area contributed by atoms with Crippen molar-refractivity contribution in [3.05, 3.63) is 39.4 Å². The number of nitrogens with zero attached hydrogens (tertiary/aromatic N) is 1. The molecule has 0 aliphatic rings. The molecular formula is C9H9NO5S. The zero-order chi connectivity index (χ0) is 12.3. The van der Waals surface area contributed by atoms with Crippen LogP contribution < -0.4 is 0 Å². The average molecular weight is 243 g/mol. The summed E-state index contributed by atoms with van der Waals surface area (Å²) in [6, 6.07) is 3.93. The maximum atomic E-state index is 11.0. The third kappa shape index (κ3) is 2.63. The summed E-state index contributed by atoms with van der Waals surface area (Å²) in [5.74, 6) is -1.39. The van der Waals surface area contributed by atoms with Gasteiger partial charge >= 0.3 is 5.97 Å². The summed E-state index contributed by atoms with van der Waals surface area (Å²) < 4.78 is 11.0. The highest BCUT2D eigenvalue weighted by Gasteiger charge is 2.23. The average Bonchev–Trinajstić information content (AvgIpc) is 2.15. The molecule has 0 aliphatic heterocycles. The van der Waals surface area contributed by atoms with Gasteiger partial charge < -0.3 is 5.11 Å². The Labute approximate surface area is 93.5 Å². The van der Waals surface area contributed by atoms with E-state index in [1.807, 2.05) is 0 Å². The van der Waals surface area contributed by atoms with E-state index in [0.717, 1.165) is 6.07 Å². The summed E-state index contributed by atoms with van der Waals surface area (Å²) in [6.07, 6.45) is 1.41. The maximum absolute atomic E-state index is 11.0. The summed E-state index contributed by atoms with van der Waals surface area (Å²) in [7, 11) is -1.25. The molecule has 7 heteroatoms. The third-order valence-corrected chi connectivity index (χ3v) is 2.62. The molecule has 0 saturated carbocycles. The SMILES string of the molecule is CS(=O)Cc1cccc([N+](=O)[O-])c1C(=O)O. The second kappa shape index (κ2) is 4.84. The summed E-state index contributed by atoms with van der Waals surface area (Å²) in [5, 5.41) is 19.5. The summed E-state index contributed by atoms with van der Waals surface area (Å²) in [5.41, 5.74) is -0.652. The molecular weight excluding hydrogens is 234 g/mol. The Hall–Kier alpha value is -1.76. The Balaban J connectivity index is 3.38. The number of benzene rings is 1. The highest BCUT2D eigenvalue weighted by Crippen LogP contribution is 2.23. The normalized spacial score (nSPS) is 12.1. The molecule has 1 N–H and O–H groups in total. The molecule has 16 heavy (non-hydrogen) atoms. The molecule has 0 radical (unpaired) electrons. The van der Waals surface area contributed by atoms with Crippen molar-refractivity contribution in [3.8, 4) is 0 Å². The van der Waals surface area contributed by atoms with Crippen LogP contribution in [0.5, 0.6) is 0 Å². The number of nitro groups is 1. The van der Waals surface area contributed by atoms with Crippen LogP contribution in [0.1, 0.15) is 15.9 Å². The number of aromatic carboxylic acids is 1. The number of nitro benzene ring substituents is 1. The number of carbonyl (C=O) groups is 1. The zero-order valence-corrected chi connectivity index (χ0v) is 9.19. The molecule has 1 aromatic rings. The van der Waals surface area contributed by atoms with E-state index in [-0.39, 0.29) is 16.9 Å². The second-order valence-corrected chi connectivity index (χ2v) is 4.53. The van der Waals surface area contributed by atoms with Gasteiger partial charge in [-0.2, -0.15) is 0 Å². The number of hydrogen-bond acceptors (Lipinski definition) is 4. The fraction of sp³-hybridized carbons (Fsp3) is 0.222. The van der Waals surface area contributed by atoms with Gasteiger partial charge in [-0.25, -0.2) is 4.79 Å². The van der Waals surface area contributed by atoms with Crippen LogP contribution in [-0.4, -0.2) is 26.5 Å². The van der Waals surface area contributed by atoms with Gasteiger partial charge in [0.1, 0.15) is 5.56 Å². The van der Waals surface area contributed by atoms with Gasteiger partial charge in [0.2, 0.25) is 0 Å². The smallest absolute Gasteiger partial charge is 0.343 e. The van der Waals surface area contributed by atoms with Crippen LogP contribution in [0.4, 0.5) is 5.69 Å². The van der Waals surface area contributed by atoms with E-state index in [2.05, 4.69) is 0 Å². The van der Waals surface area contributed by atoms with E-state index in [4.69, 9.17) is 5.11 Å². The van der Waals surface area contributed by atoms with Crippen LogP contribution in [0.3, 0.4) is 0 Å². The van der Waals surface area contributed by atoms with Gasteiger partial charge in [0, 0.05) is 28.9 Å². The Morgan fingerprint density at radius 1 is 1.56 bits per heavy atom. The first kappa shape index (κ1) is 12.3. The molecule has 86 valence electrons. The molecule has 6 nitrogen and oxygen atoms in total. The fourth-order valence-corrected chi connectivity index (χ4v) is 2.00. The minimum absolute atomic E-state index is 0.0106. The first-order valence-corrected chi connectivity index (χ1v) is 5.95. The lowest BCUT2D eigenvalue weighted by Gasteiger charge is -2.04. The molecule has 1 aromatic carbocycles. The molecule has 0 heterocycles. The molecule has 1 rings (SSSR count). The Morgan fingerprint density at radius 2 is 2.19 bits per heavy atom. The fourth-order valence-electron chi connectivity index (χ4n) is 1.32. The van der Waals surface area contributed by atoms with E-state index >= 15 is 0 Å². The van der Waals surface area contributed by atoms with Crippen molar-refractivity contribution in [1.82, 2.24) is 0 Å². The van der Waals surface area contributed by atoms with Crippen molar-refractivity contribution in [2.45, 2.75) is 5.75 Å². The van der Waals surface area contributed by atoms with Gasteiger partial charge in [-0.05, 0) is 5.56 Å². The van der Waals surface area contributed by atoms with Gasteiger partial charge in [0.25, 0.3) is 5.69 Å². The summed E-state index contributed by atoms with van der Waals surface area (Å²) >= 11 is 0. The van der Waals surface area contributed by atoms with Crippen LogP contribution in [0.2, 0.25) is 0 Å². The first-order valence-electron chi connectivity index (χ1n) is 4.23. The summed E-state index contributed by atoms with van der Waals surface area (Å²) in [6.45, 7) is 0. The molecule has 0 fully saturated rings. The van der Waals surface area contributed by atoms with Gasteiger partial charge in [0.15, 0.2) is 0 Å². The predicted octanol–water partition coefficient (Wildman–Crippen LogP) is 1.17. The van der Waals surface area contributed by atoms with Crippen LogP contribution in [-0.2, 0) is 16.6 Å². The minimum atomic E-state index is -1.38. The lowest BCUT2D eigenvalue weighted by atomic mass is 10.1. The zero-order valence-electron chi connectivity index (χ0n) is 8.37. The largest absolute Gasteiger partial charge is 0.477 e. The Bertz CT molecular complexity index is 471. The van der Waals surface area contributed by atoms with Gasteiger partial charge in [0.05, 0.1) is 4.92 Å². The maximum Gasteiger partial charge on any atom is 0.343 e. The Morgan fingerprint density at radius 3 is 2.62 bits per heavy atom. The van der Waals surface area contributed by atoms with E-state index in [1.54, 1.807) is 0 Å². The monoisotopic (exact) mass is 243 g/mol. The minimum Gasteiger partial charge on any atom is -0.477 e. The first-order chi connectivity index (χ1) is 7.43. The van der Waals surface area contributed by atoms with Crippen molar-refractivity contribution >= 4 is 22.5 Å². The molecule has 0 aliphatic carbocycles. The molecule has 0 spiro atoms. The Kier molecular flexibility index (Phi) is 3.73. The predicted molar refractivity (Wildman–Crippen MR) is 57.8 cm³/mol. The van der Waals surface area contributed by atoms with E-state index < -0.39 is 27.4 Å². The van der Waals surface area contributed by atoms with Gasteiger partial charge in [-0.3, -0.25) is 14.3 Å². The molecule has 0 amide bonds. The number of carboxylic acids is 1. The van der Waals surface area contributed by atoms with Crippen LogP contribution in [0, 0.1) is 10.1 Å². The van der Waals surface area contributed by atoms with Crippen LogP contribution in [0.25, 0.3) is 0 Å². The lowest BCUT2D eigenvalue weighted by molar-refractivity contribution is -0.385. The van der Waals surface area contributed by atoms with E-state index in [9.17, 15) is 19.1 Å². The third-order valence-electron chi connectivity index (χ3n) is 1.90. The number of hydrogen-bond donors (Lipinski definition) is 1. The van der Waals surface area contributed by atoms with E-state index in [1.165, 1.54) is 18.4 Å². The number of rotatable bonds is 4. The van der Waals surface area contributed by atoms with Crippen molar-refractivity contribution < 1.29 is 19.0 Å². The lowest BCUT2D eigenvalue weighted by Crippen LogP contribution is -2.08. The molecule has 1 unspecified atom stereocenters. The van der Waals surface area contributed by atoms with Crippen LogP contribution >= 0.6 is 0 Å². The molecule has 0 bridgehead atoms. The highest BCUT2D eigenvalue weighted by molar-refractivity contribution is 7.83. The standard InChI is InChI=1S/C9H9NO5S/c1-16(15)5-6-3-2-4-7(10(13)14)8(6)9(11)12/h2-4H,5H2,1H3,(H,11,12). The number of carboxylic acid groups (broad SMARTS) is 1. The second-order valence-electron chi connectivity index (χ2n) is 3.09. The molecule has 1 atom stereocenters. The van der Waals surface area contributed by atoms with Crippen molar-refractivity contribution in [1.29, 1.82) is 0 Å². The molecule has 0 aromatic heterocycles. The quantitative estimate of drug-likeness (QED) is 0.632. The van der Waals surface area contributed by atoms with Crippen molar-refractivity contribution in [2.75, 3.05) is 6.26 Å². The topological polar surface area (TPSA) is 97.5 Å². The summed E-state index contributed by atoms with van der Waals surface area (Å²) in [4.78, 5) is 20.8. The van der Waals surface area contributed by atoms with E-state index in [0.29, 0.717) is 0 Å². The van der Waals surface area contributed by atoms with Crippen molar-refractivity contribution in [3.63, 3.8) is 0 Å². The van der Waals surface area contributed by atoms with Crippen molar-refractivity contribution in [2.24, 2.45) is 0 Å². The molecule has 0 saturated heterocycles. The van der Waals surface area contributed by atoms with Gasteiger partial charge in [-0.1, -0.05) is 12.1 Å².